The molecule has 168 valence electrons. The highest BCUT2D eigenvalue weighted by Gasteiger charge is 2.15. The van der Waals surface area contributed by atoms with Crippen molar-refractivity contribution in [1.29, 1.82) is 0 Å². The molecule has 2 N–H and O–H groups in total. The molecule has 0 aliphatic carbocycles. The summed E-state index contributed by atoms with van der Waals surface area (Å²) in [5, 5.41) is 15.4. The second-order valence-corrected chi connectivity index (χ2v) is 8.83. The Labute approximate surface area is 197 Å². The van der Waals surface area contributed by atoms with E-state index in [-0.39, 0.29) is 17.6 Å². The molecule has 2 amide bonds. The minimum absolute atomic E-state index is 0.104. The van der Waals surface area contributed by atoms with Gasteiger partial charge in [-0.15, -0.1) is 10.2 Å². The highest BCUT2D eigenvalue weighted by molar-refractivity contribution is 7.99. The average Bonchev–Trinajstić information content (AvgIpc) is 3.13. The predicted octanol–water partition coefficient (Wildman–Crippen LogP) is 4.47. The zero-order chi connectivity index (χ0) is 23.1. The van der Waals surface area contributed by atoms with Crippen LogP contribution in [0.25, 0.3) is 5.69 Å². The normalized spacial score (nSPS) is 10.8. The van der Waals surface area contributed by atoms with Crippen molar-refractivity contribution in [1.82, 2.24) is 20.1 Å². The summed E-state index contributed by atoms with van der Waals surface area (Å²) >= 11 is 7.18. The van der Waals surface area contributed by atoms with Gasteiger partial charge in [-0.3, -0.25) is 14.2 Å². The molecule has 1 heterocycles. The van der Waals surface area contributed by atoms with Crippen molar-refractivity contribution in [3.8, 4) is 5.69 Å². The van der Waals surface area contributed by atoms with Crippen LogP contribution in [0, 0.1) is 20.8 Å². The molecule has 0 saturated carbocycles. The number of halogens is 1. The number of rotatable bonds is 9. The Hall–Kier alpha value is -2.84. The summed E-state index contributed by atoms with van der Waals surface area (Å²) in [6, 6.07) is 13.2. The molecule has 1 aromatic heterocycles. The number of anilines is 1. The third-order valence-corrected chi connectivity index (χ3v) is 5.94. The highest BCUT2D eigenvalue weighted by atomic mass is 35.5. The molecule has 7 nitrogen and oxygen atoms in total. The third kappa shape index (κ3) is 6.58. The maximum Gasteiger partial charge on any atom is 0.230 e. The van der Waals surface area contributed by atoms with Crippen molar-refractivity contribution < 1.29 is 9.59 Å². The molecule has 0 unspecified atom stereocenters. The Bertz CT molecular complexity index is 1100. The Morgan fingerprint density at radius 2 is 1.78 bits per heavy atom. The number of aromatic nitrogens is 3. The summed E-state index contributed by atoms with van der Waals surface area (Å²) in [6.45, 7) is 6.40. The van der Waals surface area contributed by atoms with E-state index in [1.165, 1.54) is 11.8 Å². The van der Waals surface area contributed by atoms with E-state index in [1.807, 2.05) is 25.3 Å². The van der Waals surface area contributed by atoms with Crippen molar-refractivity contribution in [2.24, 2.45) is 0 Å². The first-order valence-corrected chi connectivity index (χ1v) is 11.6. The van der Waals surface area contributed by atoms with Gasteiger partial charge in [-0.1, -0.05) is 35.5 Å². The first-order valence-electron chi connectivity index (χ1n) is 10.3. The first-order chi connectivity index (χ1) is 15.3. The molecule has 0 fully saturated rings. The van der Waals surface area contributed by atoms with E-state index in [4.69, 9.17) is 11.6 Å². The van der Waals surface area contributed by atoms with E-state index in [2.05, 4.69) is 39.0 Å². The molecule has 0 bridgehead atoms. The Balaban J connectivity index is 1.44. The number of nitrogens with one attached hydrogen (secondary N) is 2. The van der Waals surface area contributed by atoms with E-state index >= 15 is 0 Å². The molecule has 3 rings (SSSR count). The molecule has 0 saturated heterocycles. The minimum Gasteiger partial charge on any atom is -0.355 e. The molecular formula is C23H26ClN5O2S. The van der Waals surface area contributed by atoms with Crippen molar-refractivity contribution in [3.63, 3.8) is 0 Å². The number of thioether (sulfide) groups is 1. The molecule has 9 heteroatoms. The van der Waals surface area contributed by atoms with Crippen LogP contribution in [0.3, 0.4) is 0 Å². The third-order valence-electron chi connectivity index (χ3n) is 4.76. The molecule has 3 aromatic rings. The van der Waals surface area contributed by atoms with Gasteiger partial charge in [-0.2, -0.15) is 0 Å². The van der Waals surface area contributed by atoms with Crippen LogP contribution in [0.15, 0.2) is 47.6 Å². The number of carbonyl (C=O) groups excluding carboxylic acids is 2. The molecule has 0 atom stereocenters. The smallest absolute Gasteiger partial charge is 0.230 e. The van der Waals surface area contributed by atoms with Crippen LogP contribution in [0.2, 0.25) is 5.02 Å². The van der Waals surface area contributed by atoms with Gasteiger partial charge >= 0.3 is 0 Å². The number of hydrogen-bond donors (Lipinski definition) is 2. The molecule has 0 spiro atoms. The maximum absolute atomic E-state index is 12.3. The van der Waals surface area contributed by atoms with Crippen LogP contribution >= 0.6 is 23.4 Å². The van der Waals surface area contributed by atoms with Gasteiger partial charge in [0.05, 0.1) is 11.4 Å². The van der Waals surface area contributed by atoms with Crippen LogP contribution in [-0.4, -0.2) is 38.9 Å². The van der Waals surface area contributed by atoms with E-state index in [0.29, 0.717) is 35.3 Å². The van der Waals surface area contributed by atoms with Gasteiger partial charge in [0.1, 0.15) is 5.82 Å². The molecule has 32 heavy (non-hydrogen) atoms. The molecule has 0 aliphatic rings. The van der Waals surface area contributed by atoms with Gasteiger partial charge in [-0.25, -0.2) is 0 Å². The lowest BCUT2D eigenvalue weighted by Crippen LogP contribution is -2.27. The second kappa shape index (κ2) is 11.2. The summed E-state index contributed by atoms with van der Waals surface area (Å²) < 4.78 is 1.97. The zero-order valence-corrected chi connectivity index (χ0v) is 19.9. The summed E-state index contributed by atoms with van der Waals surface area (Å²) in [6.07, 6.45) is 0.865. The number of benzene rings is 2. The van der Waals surface area contributed by atoms with E-state index < -0.39 is 0 Å². The Kier molecular flexibility index (Phi) is 8.30. The minimum atomic E-state index is -0.110. The zero-order valence-electron chi connectivity index (χ0n) is 18.3. The Morgan fingerprint density at radius 3 is 2.53 bits per heavy atom. The van der Waals surface area contributed by atoms with Crippen LogP contribution in [0.5, 0.6) is 0 Å². The fourth-order valence-corrected chi connectivity index (χ4v) is 4.04. The van der Waals surface area contributed by atoms with Gasteiger partial charge in [0.15, 0.2) is 5.16 Å². The molecule has 0 radical (unpaired) electrons. The second-order valence-electron chi connectivity index (χ2n) is 7.45. The standard InChI is InChI=1S/C23H26ClN5O2S/c1-15-6-7-16(2)20(13-15)29-17(3)27-28-23(29)32-14-22(31)25-12-4-5-21(30)26-19-10-8-18(24)9-11-19/h6-11,13H,4-5,12,14H2,1-3H3,(H,25,31)(H,26,30). The monoisotopic (exact) mass is 471 g/mol. The predicted molar refractivity (Wildman–Crippen MR) is 129 cm³/mol. The molecule has 0 aliphatic heterocycles. The largest absolute Gasteiger partial charge is 0.355 e. The van der Waals surface area contributed by atoms with E-state index in [9.17, 15) is 9.59 Å². The maximum atomic E-state index is 12.3. The summed E-state index contributed by atoms with van der Waals surface area (Å²) in [7, 11) is 0. The van der Waals surface area contributed by atoms with Gasteiger partial charge < -0.3 is 10.6 Å². The lowest BCUT2D eigenvalue weighted by atomic mass is 10.1. The first kappa shape index (κ1) is 23.8. The lowest BCUT2D eigenvalue weighted by molar-refractivity contribution is -0.119. The quantitative estimate of drug-likeness (QED) is 0.355. The van der Waals surface area contributed by atoms with Crippen molar-refractivity contribution in [2.75, 3.05) is 17.6 Å². The van der Waals surface area contributed by atoms with Crippen LogP contribution < -0.4 is 10.6 Å². The highest BCUT2D eigenvalue weighted by Crippen LogP contribution is 2.24. The van der Waals surface area contributed by atoms with Crippen molar-refractivity contribution >= 4 is 40.9 Å². The topological polar surface area (TPSA) is 88.9 Å². The average molecular weight is 472 g/mol. The van der Waals surface area contributed by atoms with Crippen molar-refractivity contribution in [3.05, 3.63) is 64.4 Å². The fraction of sp³-hybridized carbons (Fsp3) is 0.304. The summed E-state index contributed by atoms with van der Waals surface area (Å²) in [5.41, 5.74) is 3.97. The Morgan fingerprint density at radius 1 is 1.03 bits per heavy atom. The lowest BCUT2D eigenvalue weighted by Gasteiger charge is -2.12. The summed E-state index contributed by atoms with van der Waals surface area (Å²) in [4.78, 5) is 24.3. The van der Waals surface area contributed by atoms with E-state index in [0.717, 1.165) is 22.6 Å². The van der Waals surface area contributed by atoms with Gasteiger partial charge in [0.2, 0.25) is 11.8 Å². The fourth-order valence-electron chi connectivity index (χ4n) is 3.09. The van der Waals surface area contributed by atoms with Crippen LogP contribution in [-0.2, 0) is 9.59 Å². The number of hydrogen-bond acceptors (Lipinski definition) is 5. The van der Waals surface area contributed by atoms with Gasteiger partial charge in [0, 0.05) is 23.7 Å². The van der Waals surface area contributed by atoms with Gasteiger partial charge in [0.25, 0.3) is 0 Å². The number of aryl methyl sites for hydroxylation is 3. The van der Waals surface area contributed by atoms with E-state index in [1.54, 1.807) is 24.3 Å². The molecule has 2 aromatic carbocycles. The summed E-state index contributed by atoms with van der Waals surface area (Å²) in [5.74, 6) is 0.780. The number of nitrogens with zero attached hydrogens (tertiary/aromatic N) is 3. The van der Waals surface area contributed by atoms with Gasteiger partial charge in [-0.05, 0) is 68.7 Å². The van der Waals surface area contributed by atoms with Crippen molar-refractivity contribution in [2.45, 2.75) is 38.8 Å². The van der Waals surface area contributed by atoms with Crippen LogP contribution in [0.4, 0.5) is 5.69 Å². The molecular weight excluding hydrogens is 446 g/mol. The number of carbonyl (C=O) groups is 2. The SMILES string of the molecule is Cc1ccc(C)c(-n2c(C)nnc2SCC(=O)NCCCC(=O)Nc2ccc(Cl)cc2)c1. The number of amides is 2. The van der Waals surface area contributed by atoms with Crippen LogP contribution in [0.1, 0.15) is 29.8 Å².